The molecule has 1 heterocycles. The average molecular weight is 272 g/mol. The molecule has 1 aromatic heterocycles. The minimum absolute atomic E-state index is 0.355. The summed E-state index contributed by atoms with van der Waals surface area (Å²) in [5.74, 6) is 1.31. The highest BCUT2D eigenvalue weighted by atomic mass is 16.4. The number of aromatic carboxylic acids is 1. The number of carbonyl (C=O) groups is 1. The Kier molecular flexibility index (Phi) is 2.72. The van der Waals surface area contributed by atoms with Crippen molar-refractivity contribution in [2.24, 2.45) is 11.8 Å². The van der Waals surface area contributed by atoms with Crippen LogP contribution in [0.15, 0.2) is 6.07 Å². The molecule has 0 radical (unpaired) electrons. The number of carboxylic acid groups (broad SMARTS) is 1. The summed E-state index contributed by atoms with van der Waals surface area (Å²) in [4.78, 5) is 16.1. The van der Waals surface area contributed by atoms with Gasteiger partial charge in [-0.25, -0.2) is 9.78 Å². The van der Waals surface area contributed by atoms with E-state index in [1.165, 1.54) is 25.7 Å². The lowest BCUT2D eigenvalue weighted by Gasteiger charge is -2.24. The van der Waals surface area contributed by atoms with E-state index in [1.54, 1.807) is 0 Å². The number of hydrogen-bond donors (Lipinski definition) is 2. The first-order valence-corrected chi connectivity index (χ1v) is 7.73. The van der Waals surface area contributed by atoms with E-state index in [0.29, 0.717) is 17.4 Å². The number of hydrogen-bond acceptors (Lipinski definition) is 3. The number of nitrogens with one attached hydrogen (secondary N) is 1. The number of rotatable bonds is 3. The number of aryl methyl sites for hydroxylation is 2. The van der Waals surface area contributed by atoms with E-state index in [-0.39, 0.29) is 0 Å². The van der Waals surface area contributed by atoms with Crippen LogP contribution in [0.3, 0.4) is 0 Å². The summed E-state index contributed by atoms with van der Waals surface area (Å²) >= 11 is 0. The normalized spacial score (nSPS) is 30.5. The Morgan fingerprint density at radius 1 is 1.30 bits per heavy atom. The molecule has 0 amide bonds. The van der Waals surface area contributed by atoms with Gasteiger partial charge < -0.3 is 10.4 Å². The van der Waals surface area contributed by atoms with Gasteiger partial charge in [0.25, 0.3) is 0 Å². The standard InChI is InChI=1S/C16H20N2O2/c19-16(20)12-8-10-2-1-3-13(10)17-15(12)18-14-7-9-4-5-11(14)6-9/h8-9,11,14H,1-7H2,(H,17,18)(H,19,20). The largest absolute Gasteiger partial charge is 0.478 e. The molecule has 3 aliphatic rings. The van der Waals surface area contributed by atoms with Crippen LogP contribution >= 0.6 is 0 Å². The Bertz CT molecular complexity index is 570. The molecule has 4 nitrogen and oxygen atoms in total. The molecule has 2 bridgehead atoms. The molecule has 3 atom stereocenters. The molecule has 0 aromatic carbocycles. The van der Waals surface area contributed by atoms with E-state index in [0.717, 1.165) is 42.4 Å². The molecule has 0 spiro atoms. The first-order chi connectivity index (χ1) is 9.70. The lowest BCUT2D eigenvalue weighted by molar-refractivity contribution is 0.0697. The van der Waals surface area contributed by atoms with E-state index >= 15 is 0 Å². The Hall–Kier alpha value is -1.58. The fourth-order valence-electron chi connectivity index (χ4n) is 4.34. The van der Waals surface area contributed by atoms with E-state index in [2.05, 4.69) is 10.3 Å². The highest BCUT2D eigenvalue weighted by Crippen LogP contribution is 2.45. The third kappa shape index (κ3) is 1.89. The second-order valence-corrected chi connectivity index (χ2v) is 6.57. The summed E-state index contributed by atoms with van der Waals surface area (Å²) in [6.07, 6.45) is 8.19. The molecule has 20 heavy (non-hydrogen) atoms. The lowest BCUT2D eigenvalue weighted by atomic mass is 9.95. The zero-order valence-corrected chi connectivity index (χ0v) is 11.6. The van der Waals surface area contributed by atoms with Crippen LogP contribution in [0.1, 0.15) is 53.7 Å². The maximum absolute atomic E-state index is 11.5. The second kappa shape index (κ2) is 4.47. The summed E-state index contributed by atoms with van der Waals surface area (Å²) in [6, 6.07) is 2.27. The summed E-state index contributed by atoms with van der Waals surface area (Å²) in [6.45, 7) is 0. The molecule has 3 unspecified atom stereocenters. The third-order valence-corrected chi connectivity index (χ3v) is 5.34. The average Bonchev–Trinajstić information content (AvgIpc) is 3.12. The Balaban J connectivity index is 1.64. The summed E-state index contributed by atoms with van der Waals surface area (Å²) in [5, 5.41) is 12.9. The third-order valence-electron chi connectivity index (χ3n) is 5.34. The number of anilines is 1. The Labute approximate surface area is 118 Å². The van der Waals surface area contributed by atoms with Gasteiger partial charge in [-0.3, -0.25) is 0 Å². The van der Waals surface area contributed by atoms with Crippen molar-refractivity contribution in [3.05, 3.63) is 22.9 Å². The van der Waals surface area contributed by atoms with Gasteiger partial charge >= 0.3 is 5.97 Å². The Morgan fingerprint density at radius 2 is 2.20 bits per heavy atom. The zero-order valence-electron chi connectivity index (χ0n) is 11.6. The first kappa shape index (κ1) is 12.2. The van der Waals surface area contributed by atoms with Gasteiger partial charge in [0.15, 0.2) is 0 Å². The van der Waals surface area contributed by atoms with Crippen LogP contribution in [-0.2, 0) is 12.8 Å². The van der Waals surface area contributed by atoms with Gasteiger partial charge in [-0.15, -0.1) is 0 Å². The van der Waals surface area contributed by atoms with Crippen LogP contribution in [0.5, 0.6) is 0 Å². The van der Waals surface area contributed by atoms with Gasteiger partial charge in [-0.1, -0.05) is 6.42 Å². The van der Waals surface area contributed by atoms with E-state index in [9.17, 15) is 9.90 Å². The molecule has 0 saturated heterocycles. The van der Waals surface area contributed by atoms with Gasteiger partial charge in [0.05, 0.1) is 0 Å². The highest BCUT2D eigenvalue weighted by Gasteiger charge is 2.40. The number of nitrogens with zero attached hydrogens (tertiary/aromatic N) is 1. The topological polar surface area (TPSA) is 62.2 Å². The van der Waals surface area contributed by atoms with Crippen LogP contribution in [0.25, 0.3) is 0 Å². The van der Waals surface area contributed by atoms with Crippen molar-refractivity contribution >= 4 is 11.8 Å². The van der Waals surface area contributed by atoms with Gasteiger partial charge in [0, 0.05) is 11.7 Å². The number of fused-ring (bicyclic) bond motifs is 3. The molecule has 1 aromatic rings. The van der Waals surface area contributed by atoms with Crippen LogP contribution in [0, 0.1) is 11.8 Å². The number of carboxylic acids is 1. The highest BCUT2D eigenvalue weighted by molar-refractivity contribution is 5.93. The predicted molar refractivity (Wildman–Crippen MR) is 76.1 cm³/mol. The van der Waals surface area contributed by atoms with Crippen LogP contribution in [-0.4, -0.2) is 22.1 Å². The molecule has 0 aliphatic heterocycles. The van der Waals surface area contributed by atoms with Crippen molar-refractivity contribution in [3.8, 4) is 0 Å². The summed E-state index contributed by atoms with van der Waals surface area (Å²) in [5.41, 5.74) is 2.58. The SMILES string of the molecule is O=C(O)c1cc2c(nc1NC1CC3CCC1C3)CCC2. The summed E-state index contributed by atoms with van der Waals surface area (Å²) < 4.78 is 0. The molecule has 4 heteroatoms. The molecule has 2 saturated carbocycles. The van der Waals surface area contributed by atoms with Crippen molar-refractivity contribution < 1.29 is 9.90 Å². The maximum atomic E-state index is 11.5. The van der Waals surface area contributed by atoms with Gasteiger partial charge in [-0.2, -0.15) is 0 Å². The van der Waals surface area contributed by atoms with Crippen LogP contribution in [0.4, 0.5) is 5.82 Å². The van der Waals surface area contributed by atoms with Crippen LogP contribution in [0.2, 0.25) is 0 Å². The lowest BCUT2D eigenvalue weighted by Crippen LogP contribution is -2.27. The molecular formula is C16H20N2O2. The fraction of sp³-hybridized carbons (Fsp3) is 0.625. The fourth-order valence-corrected chi connectivity index (χ4v) is 4.34. The van der Waals surface area contributed by atoms with Crippen LogP contribution < -0.4 is 5.32 Å². The monoisotopic (exact) mass is 272 g/mol. The quantitative estimate of drug-likeness (QED) is 0.888. The van der Waals surface area contributed by atoms with Crippen molar-refractivity contribution in [2.75, 3.05) is 5.32 Å². The van der Waals surface area contributed by atoms with Crippen molar-refractivity contribution in [1.82, 2.24) is 4.98 Å². The van der Waals surface area contributed by atoms with Crippen molar-refractivity contribution in [2.45, 2.75) is 51.0 Å². The van der Waals surface area contributed by atoms with E-state index < -0.39 is 5.97 Å². The van der Waals surface area contributed by atoms with Gasteiger partial charge in [-0.05, 0) is 62.0 Å². The molecular weight excluding hydrogens is 252 g/mol. The van der Waals surface area contributed by atoms with E-state index in [1.807, 2.05) is 6.07 Å². The van der Waals surface area contributed by atoms with Gasteiger partial charge in [0.2, 0.25) is 0 Å². The minimum Gasteiger partial charge on any atom is -0.478 e. The minimum atomic E-state index is -0.863. The Morgan fingerprint density at radius 3 is 2.90 bits per heavy atom. The van der Waals surface area contributed by atoms with E-state index in [4.69, 9.17) is 0 Å². The molecule has 3 aliphatic carbocycles. The first-order valence-electron chi connectivity index (χ1n) is 7.73. The molecule has 106 valence electrons. The molecule has 2 fully saturated rings. The number of pyridine rings is 1. The number of aromatic nitrogens is 1. The van der Waals surface area contributed by atoms with Crippen molar-refractivity contribution in [3.63, 3.8) is 0 Å². The molecule has 2 N–H and O–H groups in total. The zero-order chi connectivity index (χ0) is 13.7. The maximum Gasteiger partial charge on any atom is 0.339 e. The second-order valence-electron chi connectivity index (χ2n) is 6.57. The smallest absolute Gasteiger partial charge is 0.339 e. The molecule has 4 rings (SSSR count). The predicted octanol–water partition coefficient (Wildman–Crippen LogP) is 2.87. The van der Waals surface area contributed by atoms with Gasteiger partial charge in [0.1, 0.15) is 11.4 Å². The summed E-state index contributed by atoms with van der Waals surface area (Å²) in [7, 11) is 0. The van der Waals surface area contributed by atoms with Crippen molar-refractivity contribution in [1.29, 1.82) is 0 Å².